The molecule has 16 heavy (non-hydrogen) atoms. The van der Waals surface area contributed by atoms with Crippen LogP contribution in [0.5, 0.6) is 0 Å². The lowest BCUT2D eigenvalue weighted by Gasteiger charge is -2.34. The summed E-state index contributed by atoms with van der Waals surface area (Å²) >= 11 is 7.01. The van der Waals surface area contributed by atoms with Gasteiger partial charge in [0.25, 0.3) is 11.4 Å². The van der Waals surface area contributed by atoms with E-state index in [9.17, 15) is 10.1 Å². The molecule has 2 unspecified atom stereocenters. The minimum Gasteiger partial charge on any atom is -0.753 e. The average Bonchev–Trinajstić information content (AvgIpc) is 2.35. The Morgan fingerprint density at radius 1 is 1.38 bits per heavy atom. The molecular formula is C10H14Br2N2O2. The lowest BCUT2D eigenvalue weighted by molar-refractivity contribution is -0.585. The fourth-order valence-corrected chi connectivity index (χ4v) is 3.69. The zero-order valence-electron chi connectivity index (χ0n) is 9.24. The zero-order valence-corrected chi connectivity index (χ0v) is 12.4. The van der Waals surface area contributed by atoms with E-state index in [1.165, 1.54) is 0 Å². The monoisotopic (exact) mass is 352 g/mol. The Labute approximate surface area is 111 Å². The van der Waals surface area contributed by atoms with Crippen molar-refractivity contribution in [3.63, 3.8) is 0 Å². The maximum absolute atomic E-state index is 12.1. The van der Waals surface area contributed by atoms with Crippen LogP contribution in [0.1, 0.15) is 33.1 Å². The molecule has 0 saturated carbocycles. The molecule has 0 N–H and O–H groups in total. The number of nitroso groups, excluding NO2 is 1. The van der Waals surface area contributed by atoms with E-state index < -0.39 is 5.66 Å². The molecule has 4 nitrogen and oxygen atoms in total. The van der Waals surface area contributed by atoms with Crippen molar-refractivity contribution in [3.05, 3.63) is 21.5 Å². The van der Waals surface area contributed by atoms with Crippen molar-refractivity contribution in [2.45, 2.75) is 48.4 Å². The van der Waals surface area contributed by atoms with E-state index in [2.05, 4.69) is 31.9 Å². The van der Waals surface area contributed by atoms with Gasteiger partial charge >= 0.3 is 0 Å². The van der Waals surface area contributed by atoms with Crippen LogP contribution >= 0.6 is 31.9 Å². The van der Waals surface area contributed by atoms with Crippen molar-refractivity contribution in [2.24, 2.45) is 0 Å². The van der Waals surface area contributed by atoms with Crippen molar-refractivity contribution in [3.8, 4) is 0 Å². The van der Waals surface area contributed by atoms with Crippen LogP contribution in [0.4, 0.5) is 0 Å². The summed E-state index contributed by atoms with van der Waals surface area (Å²) in [7, 11) is 0. The Morgan fingerprint density at radius 2 is 1.94 bits per heavy atom. The number of hydroxylamine groups is 2. The molecule has 6 heteroatoms. The molecule has 0 spiro atoms. The fourth-order valence-electron chi connectivity index (χ4n) is 2.21. The second-order valence-electron chi connectivity index (χ2n) is 4.72. The number of nitrogens with zero attached hydrogens (tertiary/aromatic N) is 2. The van der Waals surface area contributed by atoms with Gasteiger partial charge in [-0.05, 0) is 12.8 Å². The van der Waals surface area contributed by atoms with Gasteiger partial charge < -0.3 is 10.3 Å². The highest BCUT2D eigenvalue weighted by atomic mass is 79.9. The van der Waals surface area contributed by atoms with E-state index in [1.807, 2.05) is 0 Å². The van der Waals surface area contributed by atoms with Crippen LogP contribution in [0.15, 0.2) is 11.4 Å². The molecule has 2 aliphatic rings. The van der Waals surface area contributed by atoms with Crippen LogP contribution in [-0.2, 0) is 0 Å². The first-order chi connectivity index (χ1) is 7.37. The van der Waals surface area contributed by atoms with Crippen LogP contribution in [-0.4, -0.2) is 25.1 Å². The van der Waals surface area contributed by atoms with Crippen molar-refractivity contribution >= 4 is 31.9 Å². The number of hydrogen-bond acceptors (Lipinski definition) is 3. The maximum atomic E-state index is 12.1. The molecule has 0 saturated heterocycles. The number of hydrogen-bond donors (Lipinski definition) is 0. The third-order valence-electron chi connectivity index (χ3n) is 3.20. The van der Waals surface area contributed by atoms with Gasteiger partial charge in [-0.1, -0.05) is 38.3 Å². The van der Waals surface area contributed by atoms with Crippen molar-refractivity contribution in [1.29, 1.82) is 0 Å². The third kappa shape index (κ3) is 1.66. The number of alkyl halides is 2. The molecule has 0 radical (unpaired) electrons. The molecule has 1 heterocycles. The van der Waals surface area contributed by atoms with Crippen LogP contribution < -0.4 is 0 Å². The normalized spacial score (nSPS) is 34.1. The third-order valence-corrected chi connectivity index (χ3v) is 4.99. The molecule has 2 rings (SSSR count). The minimum absolute atomic E-state index is 0.0132. The summed E-state index contributed by atoms with van der Waals surface area (Å²) in [6.07, 6.45) is 2.79. The fraction of sp³-hybridized carbons (Fsp3) is 0.800. The summed E-state index contributed by atoms with van der Waals surface area (Å²) in [4.78, 5) is 12.1. The molecule has 0 amide bonds. The van der Waals surface area contributed by atoms with Gasteiger partial charge in [0.05, 0.1) is 15.3 Å². The summed E-state index contributed by atoms with van der Waals surface area (Å²) in [5, 5.41) is 13.0. The first kappa shape index (κ1) is 12.5. The largest absolute Gasteiger partial charge is 0.753 e. The van der Waals surface area contributed by atoms with Crippen LogP contribution in [0.3, 0.4) is 0 Å². The van der Waals surface area contributed by atoms with Gasteiger partial charge in [-0.25, -0.2) is 0 Å². The number of allylic oxidation sites excluding steroid dienone is 2. The summed E-state index contributed by atoms with van der Waals surface area (Å²) in [6.45, 7) is 3.31. The SMILES string of the molecule is CC1(C)N([O-])C2=C(C(Br)CCCC2Br)[N+]1=O. The van der Waals surface area contributed by atoms with E-state index in [0.29, 0.717) is 11.4 Å². The van der Waals surface area contributed by atoms with E-state index in [4.69, 9.17) is 0 Å². The topological polar surface area (TPSA) is 46.4 Å². The predicted octanol–water partition coefficient (Wildman–Crippen LogP) is 3.24. The summed E-state index contributed by atoms with van der Waals surface area (Å²) < 4.78 is 0.855. The molecular weight excluding hydrogens is 340 g/mol. The summed E-state index contributed by atoms with van der Waals surface area (Å²) in [6, 6.07) is 0. The Bertz CT molecular complexity index is 368. The van der Waals surface area contributed by atoms with Gasteiger partial charge in [0.15, 0.2) is 0 Å². The van der Waals surface area contributed by atoms with Crippen LogP contribution in [0.25, 0.3) is 0 Å². The highest BCUT2D eigenvalue weighted by Gasteiger charge is 2.54. The highest BCUT2D eigenvalue weighted by molar-refractivity contribution is 9.10. The first-order valence-electron chi connectivity index (χ1n) is 5.34. The van der Waals surface area contributed by atoms with Crippen molar-refractivity contribution < 1.29 is 4.76 Å². The molecule has 0 aromatic carbocycles. The summed E-state index contributed by atoms with van der Waals surface area (Å²) in [5.74, 6) is 0. The van der Waals surface area contributed by atoms with E-state index in [0.717, 1.165) is 29.1 Å². The second-order valence-corrected chi connectivity index (χ2v) is 6.93. The standard InChI is InChI=1S/C10H14Br2N2O2/c1-10(2)13(15)8-6(11)4-3-5-7(12)9(8)14(10)16/h6-7H,3-5H2,1-2H3. The minimum atomic E-state index is -1.03. The summed E-state index contributed by atoms with van der Waals surface area (Å²) in [5.41, 5.74) is 0.166. The van der Waals surface area contributed by atoms with E-state index >= 15 is 0 Å². The molecule has 2 atom stereocenters. The van der Waals surface area contributed by atoms with E-state index in [-0.39, 0.29) is 9.65 Å². The smallest absolute Gasteiger partial charge is 0.276 e. The van der Waals surface area contributed by atoms with Crippen molar-refractivity contribution in [1.82, 2.24) is 5.06 Å². The molecule has 1 aliphatic heterocycles. The molecule has 90 valence electrons. The number of rotatable bonds is 0. The maximum Gasteiger partial charge on any atom is 0.276 e. The van der Waals surface area contributed by atoms with Crippen molar-refractivity contribution in [2.75, 3.05) is 0 Å². The van der Waals surface area contributed by atoms with E-state index in [1.54, 1.807) is 13.8 Å². The molecule has 0 bridgehead atoms. The van der Waals surface area contributed by atoms with Gasteiger partial charge in [0.1, 0.15) is 4.83 Å². The van der Waals surface area contributed by atoms with Gasteiger partial charge in [0.2, 0.25) is 0 Å². The van der Waals surface area contributed by atoms with Crippen LogP contribution in [0, 0.1) is 10.1 Å². The van der Waals surface area contributed by atoms with Gasteiger partial charge in [-0.3, -0.25) is 0 Å². The van der Waals surface area contributed by atoms with Crippen LogP contribution in [0.2, 0.25) is 0 Å². The Kier molecular flexibility index (Phi) is 3.18. The zero-order chi connectivity index (χ0) is 12.1. The first-order valence-corrected chi connectivity index (χ1v) is 7.17. The Balaban J connectivity index is 2.51. The van der Waals surface area contributed by atoms with Gasteiger partial charge in [0, 0.05) is 18.8 Å². The molecule has 1 aliphatic carbocycles. The molecule has 0 fully saturated rings. The Hall–Kier alpha value is 0.0600. The van der Waals surface area contributed by atoms with Gasteiger partial charge in [-0.2, -0.15) is 0 Å². The van der Waals surface area contributed by atoms with Gasteiger partial charge in [-0.15, -0.1) is 0 Å². The quantitative estimate of drug-likeness (QED) is 0.496. The highest BCUT2D eigenvalue weighted by Crippen LogP contribution is 2.43. The Morgan fingerprint density at radius 3 is 2.56 bits per heavy atom. The lowest BCUT2D eigenvalue weighted by atomic mass is 10.1. The second kappa shape index (κ2) is 4.07. The average molecular weight is 354 g/mol. The predicted molar refractivity (Wildman–Crippen MR) is 69.2 cm³/mol. The molecule has 0 aromatic rings. The molecule has 0 aromatic heterocycles. The lowest BCUT2D eigenvalue weighted by Crippen LogP contribution is -2.42. The number of halogens is 2.